The molecule has 3 nitrogen and oxygen atoms in total. The fraction of sp³-hybridized carbons (Fsp3) is 0.667. The Labute approximate surface area is 92.3 Å². The third-order valence-corrected chi connectivity index (χ3v) is 2.54. The SMILES string of the molecule is CCCNC(C)CC(C)c1cnccn1. The summed E-state index contributed by atoms with van der Waals surface area (Å²) in [5, 5.41) is 3.48. The van der Waals surface area contributed by atoms with Crippen molar-refractivity contribution >= 4 is 0 Å². The Hall–Kier alpha value is -0.960. The average molecular weight is 207 g/mol. The summed E-state index contributed by atoms with van der Waals surface area (Å²) >= 11 is 0. The summed E-state index contributed by atoms with van der Waals surface area (Å²) < 4.78 is 0. The van der Waals surface area contributed by atoms with Crippen molar-refractivity contribution in [2.45, 2.75) is 45.6 Å². The molecule has 0 radical (unpaired) electrons. The maximum atomic E-state index is 4.32. The van der Waals surface area contributed by atoms with Gasteiger partial charge in [0.15, 0.2) is 0 Å². The van der Waals surface area contributed by atoms with Crippen molar-refractivity contribution in [2.24, 2.45) is 0 Å². The fourth-order valence-corrected chi connectivity index (χ4v) is 1.69. The quantitative estimate of drug-likeness (QED) is 0.778. The van der Waals surface area contributed by atoms with Gasteiger partial charge < -0.3 is 5.32 Å². The lowest BCUT2D eigenvalue weighted by Crippen LogP contribution is -2.28. The van der Waals surface area contributed by atoms with E-state index in [1.165, 1.54) is 6.42 Å². The molecule has 15 heavy (non-hydrogen) atoms. The van der Waals surface area contributed by atoms with Crippen LogP contribution in [0.25, 0.3) is 0 Å². The summed E-state index contributed by atoms with van der Waals surface area (Å²) in [5.41, 5.74) is 1.09. The number of nitrogens with zero attached hydrogens (tertiary/aromatic N) is 2. The molecule has 1 heterocycles. The summed E-state index contributed by atoms with van der Waals surface area (Å²) in [6.07, 6.45) is 7.63. The van der Waals surface area contributed by atoms with Crippen molar-refractivity contribution in [1.82, 2.24) is 15.3 Å². The molecule has 0 aliphatic carbocycles. The van der Waals surface area contributed by atoms with Crippen LogP contribution in [0, 0.1) is 0 Å². The number of aromatic nitrogens is 2. The predicted molar refractivity (Wildman–Crippen MR) is 62.8 cm³/mol. The molecule has 1 rings (SSSR count). The lowest BCUT2D eigenvalue weighted by Gasteiger charge is -2.17. The summed E-state index contributed by atoms with van der Waals surface area (Å²) in [5.74, 6) is 0.470. The number of nitrogens with one attached hydrogen (secondary N) is 1. The van der Waals surface area contributed by atoms with Gasteiger partial charge in [0.2, 0.25) is 0 Å². The molecule has 2 atom stereocenters. The van der Waals surface area contributed by atoms with Crippen molar-refractivity contribution in [3.8, 4) is 0 Å². The third kappa shape index (κ3) is 4.38. The molecule has 0 amide bonds. The van der Waals surface area contributed by atoms with Crippen LogP contribution in [-0.4, -0.2) is 22.6 Å². The van der Waals surface area contributed by atoms with Crippen molar-refractivity contribution < 1.29 is 0 Å². The molecule has 0 aliphatic rings. The van der Waals surface area contributed by atoms with Gasteiger partial charge in [-0.3, -0.25) is 9.97 Å². The average Bonchev–Trinajstić information content (AvgIpc) is 2.27. The van der Waals surface area contributed by atoms with Crippen molar-refractivity contribution in [1.29, 1.82) is 0 Å². The van der Waals surface area contributed by atoms with Gasteiger partial charge in [-0.05, 0) is 26.3 Å². The molecule has 0 bridgehead atoms. The molecule has 0 saturated heterocycles. The summed E-state index contributed by atoms with van der Waals surface area (Å²) in [7, 11) is 0. The first kappa shape index (κ1) is 12.1. The minimum atomic E-state index is 0.470. The monoisotopic (exact) mass is 207 g/mol. The first-order chi connectivity index (χ1) is 7.24. The lowest BCUT2D eigenvalue weighted by molar-refractivity contribution is 0.474. The molecule has 0 saturated carbocycles. The summed E-state index contributed by atoms with van der Waals surface area (Å²) in [4.78, 5) is 8.41. The van der Waals surface area contributed by atoms with Crippen molar-refractivity contribution in [3.63, 3.8) is 0 Å². The molecular formula is C12H21N3. The van der Waals surface area contributed by atoms with Crippen LogP contribution in [0.15, 0.2) is 18.6 Å². The Morgan fingerprint density at radius 1 is 1.33 bits per heavy atom. The molecule has 2 unspecified atom stereocenters. The molecule has 1 N–H and O–H groups in total. The van der Waals surface area contributed by atoms with Crippen LogP contribution in [0.1, 0.15) is 45.2 Å². The van der Waals surface area contributed by atoms with E-state index in [2.05, 4.69) is 36.1 Å². The van der Waals surface area contributed by atoms with Gasteiger partial charge in [0.25, 0.3) is 0 Å². The van der Waals surface area contributed by atoms with Gasteiger partial charge in [0.05, 0.1) is 5.69 Å². The molecule has 1 aromatic rings. The Kier molecular flexibility index (Phi) is 5.26. The van der Waals surface area contributed by atoms with E-state index >= 15 is 0 Å². The first-order valence-electron chi connectivity index (χ1n) is 5.73. The van der Waals surface area contributed by atoms with E-state index in [4.69, 9.17) is 0 Å². The number of rotatable bonds is 6. The number of hydrogen-bond donors (Lipinski definition) is 1. The molecule has 1 aromatic heterocycles. The van der Waals surface area contributed by atoms with Gasteiger partial charge in [-0.15, -0.1) is 0 Å². The Bertz CT molecular complexity index is 261. The van der Waals surface area contributed by atoms with Crippen LogP contribution in [0.2, 0.25) is 0 Å². The van der Waals surface area contributed by atoms with Gasteiger partial charge in [-0.2, -0.15) is 0 Å². The second kappa shape index (κ2) is 6.51. The van der Waals surface area contributed by atoms with Gasteiger partial charge in [0.1, 0.15) is 0 Å². The van der Waals surface area contributed by atoms with Crippen LogP contribution >= 0.6 is 0 Å². The molecule has 0 spiro atoms. The van der Waals surface area contributed by atoms with Crippen LogP contribution < -0.4 is 5.32 Å². The van der Waals surface area contributed by atoms with E-state index in [1.807, 2.05) is 6.20 Å². The van der Waals surface area contributed by atoms with Crippen LogP contribution in [0.5, 0.6) is 0 Å². The molecule has 3 heteroatoms. The smallest absolute Gasteiger partial charge is 0.0615 e. The van der Waals surface area contributed by atoms with Crippen LogP contribution in [0.3, 0.4) is 0 Å². The maximum absolute atomic E-state index is 4.32. The minimum Gasteiger partial charge on any atom is -0.314 e. The fourth-order valence-electron chi connectivity index (χ4n) is 1.69. The molecule has 0 aliphatic heterocycles. The predicted octanol–water partition coefficient (Wildman–Crippen LogP) is 2.36. The highest BCUT2D eigenvalue weighted by Gasteiger charge is 2.10. The largest absolute Gasteiger partial charge is 0.314 e. The topological polar surface area (TPSA) is 37.8 Å². The van der Waals surface area contributed by atoms with Gasteiger partial charge >= 0.3 is 0 Å². The highest BCUT2D eigenvalue weighted by atomic mass is 14.9. The molecule has 0 aromatic carbocycles. The van der Waals surface area contributed by atoms with Crippen LogP contribution in [0.4, 0.5) is 0 Å². The second-order valence-electron chi connectivity index (χ2n) is 4.12. The Morgan fingerprint density at radius 2 is 2.13 bits per heavy atom. The van der Waals surface area contributed by atoms with Gasteiger partial charge in [-0.1, -0.05) is 13.8 Å². The van der Waals surface area contributed by atoms with E-state index < -0.39 is 0 Å². The van der Waals surface area contributed by atoms with E-state index in [0.29, 0.717) is 12.0 Å². The van der Waals surface area contributed by atoms with E-state index in [9.17, 15) is 0 Å². The lowest BCUT2D eigenvalue weighted by atomic mass is 10.00. The Balaban J connectivity index is 2.38. The van der Waals surface area contributed by atoms with Crippen molar-refractivity contribution in [3.05, 3.63) is 24.3 Å². The van der Waals surface area contributed by atoms with Crippen LogP contribution in [-0.2, 0) is 0 Å². The zero-order valence-electron chi connectivity index (χ0n) is 9.90. The van der Waals surface area contributed by atoms with E-state index in [0.717, 1.165) is 18.7 Å². The normalized spacial score (nSPS) is 14.9. The second-order valence-corrected chi connectivity index (χ2v) is 4.12. The van der Waals surface area contributed by atoms with Crippen molar-refractivity contribution in [2.75, 3.05) is 6.54 Å². The highest BCUT2D eigenvalue weighted by Crippen LogP contribution is 2.17. The summed E-state index contributed by atoms with van der Waals surface area (Å²) in [6, 6.07) is 0.543. The number of hydrogen-bond acceptors (Lipinski definition) is 3. The van der Waals surface area contributed by atoms with Gasteiger partial charge in [-0.25, -0.2) is 0 Å². The summed E-state index contributed by atoms with van der Waals surface area (Å²) in [6.45, 7) is 7.71. The molecular weight excluding hydrogens is 186 g/mol. The third-order valence-electron chi connectivity index (χ3n) is 2.54. The van der Waals surface area contributed by atoms with E-state index in [-0.39, 0.29) is 0 Å². The zero-order chi connectivity index (χ0) is 11.1. The standard InChI is InChI=1S/C12H21N3/c1-4-5-14-11(3)8-10(2)12-9-13-6-7-15-12/h6-7,9-11,14H,4-5,8H2,1-3H3. The first-order valence-corrected chi connectivity index (χ1v) is 5.73. The highest BCUT2D eigenvalue weighted by molar-refractivity contribution is 5.02. The maximum Gasteiger partial charge on any atom is 0.0615 e. The zero-order valence-corrected chi connectivity index (χ0v) is 9.90. The molecule has 84 valence electrons. The van der Waals surface area contributed by atoms with Gasteiger partial charge in [0, 0.05) is 30.6 Å². The minimum absolute atomic E-state index is 0.470. The van der Waals surface area contributed by atoms with E-state index in [1.54, 1.807) is 12.4 Å². The Morgan fingerprint density at radius 3 is 2.73 bits per heavy atom. The molecule has 0 fully saturated rings.